The van der Waals surface area contributed by atoms with Crippen LogP contribution >= 0.6 is 0 Å². The van der Waals surface area contributed by atoms with Gasteiger partial charge in [0.05, 0.1) is 19.8 Å². The standard InChI is InChI=1S/C30H37NO4/c1-6-8-13-26(31-20(3)22-16-17-27(34-4)28(19-22)35-5)29(30(32)33)25(7-2)24-15-14-21-11-9-10-12-23(21)18-24/h7,9-12,16-17,19,24,31H,3,6,8,13-15,18H2,1-2,4-5H3,(H,32,33)/b25-7-,29-26-. The Morgan fingerprint density at radius 2 is 1.86 bits per heavy atom. The number of carbonyl (C=O) groups is 1. The predicted molar refractivity (Wildman–Crippen MR) is 142 cm³/mol. The van der Waals surface area contributed by atoms with E-state index in [2.05, 4.69) is 43.1 Å². The summed E-state index contributed by atoms with van der Waals surface area (Å²) in [5.41, 5.74) is 6.08. The molecule has 5 nitrogen and oxygen atoms in total. The molecule has 0 saturated carbocycles. The molecule has 0 amide bonds. The van der Waals surface area contributed by atoms with Crippen LogP contribution in [0, 0.1) is 5.92 Å². The highest BCUT2D eigenvalue weighted by Gasteiger charge is 2.28. The SMILES string of the molecule is C=C(N/C(CCCC)=C(C(=O)O)/C(=C\C)C1CCc2ccccc2C1)c1ccc(OC)c(OC)c1. The Kier molecular flexibility index (Phi) is 9.18. The van der Waals surface area contributed by atoms with Gasteiger partial charge >= 0.3 is 5.97 Å². The molecule has 0 aromatic heterocycles. The van der Waals surface area contributed by atoms with E-state index < -0.39 is 5.97 Å². The minimum Gasteiger partial charge on any atom is -0.493 e. The third kappa shape index (κ3) is 6.16. The van der Waals surface area contributed by atoms with Gasteiger partial charge in [0.2, 0.25) is 0 Å². The zero-order chi connectivity index (χ0) is 25.4. The number of methoxy groups -OCH3 is 2. The third-order valence-corrected chi connectivity index (χ3v) is 6.72. The number of carboxylic acids is 1. The van der Waals surface area contributed by atoms with Crippen molar-refractivity contribution in [2.75, 3.05) is 14.2 Å². The van der Waals surface area contributed by atoms with E-state index in [-0.39, 0.29) is 5.92 Å². The van der Waals surface area contributed by atoms with Crippen molar-refractivity contribution >= 4 is 11.7 Å². The van der Waals surface area contributed by atoms with Gasteiger partial charge in [-0.05, 0) is 79.8 Å². The summed E-state index contributed by atoms with van der Waals surface area (Å²) in [4.78, 5) is 12.7. The quantitative estimate of drug-likeness (QED) is 0.285. The average Bonchev–Trinajstić information content (AvgIpc) is 2.88. The van der Waals surface area contributed by atoms with Crippen LogP contribution in [0.4, 0.5) is 0 Å². The molecule has 1 aliphatic carbocycles. The van der Waals surface area contributed by atoms with Gasteiger partial charge in [-0.15, -0.1) is 0 Å². The van der Waals surface area contributed by atoms with Gasteiger partial charge in [0.15, 0.2) is 11.5 Å². The number of aliphatic carboxylic acids is 1. The lowest BCUT2D eigenvalue weighted by atomic mass is 9.77. The van der Waals surface area contributed by atoms with Crippen LogP contribution in [0.2, 0.25) is 0 Å². The average molecular weight is 476 g/mol. The van der Waals surface area contributed by atoms with E-state index in [1.807, 2.05) is 31.2 Å². The normalized spacial score (nSPS) is 16.1. The molecule has 0 fully saturated rings. The number of rotatable bonds is 11. The fraction of sp³-hybridized carbons (Fsp3) is 0.367. The lowest BCUT2D eigenvalue weighted by Gasteiger charge is -2.29. The van der Waals surface area contributed by atoms with Crippen LogP contribution in [-0.4, -0.2) is 25.3 Å². The summed E-state index contributed by atoms with van der Waals surface area (Å²) in [7, 11) is 3.19. The molecule has 0 spiro atoms. The lowest BCUT2D eigenvalue weighted by Crippen LogP contribution is -2.24. The first-order valence-corrected chi connectivity index (χ1v) is 12.3. The topological polar surface area (TPSA) is 67.8 Å². The minimum atomic E-state index is -0.907. The Hall–Kier alpha value is -3.47. The molecule has 2 N–H and O–H groups in total. The van der Waals surface area contributed by atoms with Gasteiger partial charge in [-0.1, -0.05) is 50.3 Å². The number of benzene rings is 2. The molecule has 0 aliphatic heterocycles. The van der Waals surface area contributed by atoms with Crippen molar-refractivity contribution < 1.29 is 19.4 Å². The largest absolute Gasteiger partial charge is 0.493 e. The molecular formula is C30H37NO4. The smallest absolute Gasteiger partial charge is 0.337 e. The number of unbranched alkanes of at least 4 members (excludes halogenated alkanes) is 1. The summed E-state index contributed by atoms with van der Waals surface area (Å²) >= 11 is 0. The van der Waals surface area contributed by atoms with E-state index in [1.54, 1.807) is 14.2 Å². The highest BCUT2D eigenvalue weighted by molar-refractivity contribution is 5.93. The van der Waals surface area contributed by atoms with Gasteiger partial charge < -0.3 is 19.9 Å². The van der Waals surface area contributed by atoms with E-state index >= 15 is 0 Å². The number of hydrogen-bond donors (Lipinski definition) is 2. The van der Waals surface area contributed by atoms with Crippen LogP contribution < -0.4 is 14.8 Å². The summed E-state index contributed by atoms with van der Waals surface area (Å²) in [5, 5.41) is 13.8. The van der Waals surface area contributed by atoms with Crippen molar-refractivity contribution in [3.63, 3.8) is 0 Å². The van der Waals surface area contributed by atoms with Crippen molar-refractivity contribution in [1.29, 1.82) is 0 Å². The molecule has 0 saturated heterocycles. The van der Waals surface area contributed by atoms with Gasteiger partial charge in [-0.3, -0.25) is 0 Å². The van der Waals surface area contributed by atoms with E-state index in [4.69, 9.17) is 9.47 Å². The first kappa shape index (κ1) is 26.1. The van der Waals surface area contributed by atoms with Crippen LogP contribution in [0.5, 0.6) is 11.5 Å². The molecule has 35 heavy (non-hydrogen) atoms. The molecule has 1 unspecified atom stereocenters. The summed E-state index contributed by atoms with van der Waals surface area (Å²) in [6, 6.07) is 14.0. The van der Waals surface area contributed by atoms with Crippen LogP contribution in [-0.2, 0) is 17.6 Å². The van der Waals surface area contributed by atoms with Crippen molar-refractivity contribution in [2.24, 2.45) is 5.92 Å². The van der Waals surface area contributed by atoms with Crippen LogP contribution in [0.25, 0.3) is 5.70 Å². The Labute approximate surface area is 209 Å². The lowest BCUT2D eigenvalue weighted by molar-refractivity contribution is -0.132. The van der Waals surface area contributed by atoms with Crippen molar-refractivity contribution in [3.05, 3.63) is 88.7 Å². The maximum atomic E-state index is 12.7. The first-order valence-electron chi connectivity index (χ1n) is 12.3. The zero-order valence-electron chi connectivity index (χ0n) is 21.3. The summed E-state index contributed by atoms with van der Waals surface area (Å²) in [6.07, 6.45) is 7.20. The number of hydrogen-bond acceptors (Lipinski definition) is 4. The highest BCUT2D eigenvalue weighted by Crippen LogP contribution is 2.36. The van der Waals surface area contributed by atoms with Crippen molar-refractivity contribution in [2.45, 2.75) is 52.4 Å². The van der Waals surface area contributed by atoms with Crippen LogP contribution in [0.1, 0.15) is 56.2 Å². The Bertz CT molecular complexity index is 1130. The second-order valence-electron chi connectivity index (χ2n) is 8.89. The Morgan fingerprint density at radius 1 is 1.14 bits per heavy atom. The van der Waals surface area contributed by atoms with Gasteiger partial charge in [-0.25, -0.2) is 4.79 Å². The molecule has 0 heterocycles. The fourth-order valence-corrected chi connectivity index (χ4v) is 4.86. The molecular weight excluding hydrogens is 438 g/mol. The molecule has 186 valence electrons. The third-order valence-electron chi connectivity index (χ3n) is 6.72. The molecule has 0 bridgehead atoms. The van der Waals surface area contributed by atoms with Gasteiger partial charge in [-0.2, -0.15) is 0 Å². The maximum absolute atomic E-state index is 12.7. The highest BCUT2D eigenvalue weighted by atomic mass is 16.5. The Balaban J connectivity index is 1.98. The molecule has 1 atom stereocenters. The molecule has 2 aromatic rings. The molecule has 5 heteroatoms. The van der Waals surface area contributed by atoms with E-state index in [9.17, 15) is 9.90 Å². The second-order valence-corrected chi connectivity index (χ2v) is 8.89. The number of allylic oxidation sites excluding steroid dienone is 2. The predicted octanol–water partition coefficient (Wildman–Crippen LogP) is 6.54. The van der Waals surface area contributed by atoms with Gasteiger partial charge in [0, 0.05) is 17.0 Å². The number of fused-ring (bicyclic) bond motifs is 1. The minimum absolute atomic E-state index is 0.161. The van der Waals surface area contributed by atoms with Crippen molar-refractivity contribution in [3.8, 4) is 11.5 Å². The Morgan fingerprint density at radius 3 is 2.49 bits per heavy atom. The second kappa shape index (κ2) is 12.3. The fourth-order valence-electron chi connectivity index (χ4n) is 4.86. The number of aryl methyl sites for hydroxylation is 1. The first-order chi connectivity index (χ1) is 16.9. The molecule has 1 aliphatic rings. The van der Waals surface area contributed by atoms with Gasteiger partial charge in [0.25, 0.3) is 0 Å². The van der Waals surface area contributed by atoms with E-state index in [0.29, 0.717) is 34.9 Å². The van der Waals surface area contributed by atoms with Crippen molar-refractivity contribution in [1.82, 2.24) is 5.32 Å². The monoisotopic (exact) mass is 475 g/mol. The van der Waals surface area contributed by atoms with Crippen LogP contribution in [0.15, 0.2) is 72.0 Å². The summed E-state index contributed by atoms with van der Waals surface area (Å²) < 4.78 is 10.8. The summed E-state index contributed by atoms with van der Waals surface area (Å²) in [6.45, 7) is 8.27. The van der Waals surface area contributed by atoms with E-state index in [1.165, 1.54) is 11.1 Å². The van der Waals surface area contributed by atoms with Gasteiger partial charge in [0.1, 0.15) is 0 Å². The molecule has 3 rings (SSSR count). The summed E-state index contributed by atoms with van der Waals surface area (Å²) in [5.74, 6) is 0.482. The number of nitrogens with one attached hydrogen (secondary N) is 1. The number of ether oxygens (including phenoxy) is 2. The molecule has 0 radical (unpaired) electrons. The molecule has 2 aromatic carbocycles. The van der Waals surface area contributed by atoms with Crippen LogP contribution in [0.3, 0.4) is 0 Å². The number of carboxylic acid groups (broad SMARTS) is 1. The zero-order valence-corrected chi connectivity index (χ0v) is 21.3. The maximum Gasteiger partial charge on any atom is 0.337 e. The van der Waals surface area contributed by atoms with E-state index in [0.717, 1.165) is 43.2 Å².